The van der Waals surface area contributed by atoms with Gasteiger partial charge in [0.25, 0.3) is 0 Å². The summed E-state index contributed by atoms with van der Waals surface area (Å²) in [5.41, 5.74) is 2.29. The largest absolute Gasteiger partial charge is 0.192 e. The molecule has 84 valence electrons. The van der Waals surface area contributed by atoms with Crippen LogP contribution in [-0.4, -0.2) is 0 Å². The van der Waals surface area contributed by atoms with Gasteiger partial charge in [0.2, 0.25) is 0 Å². The van der Waals surface area contributed by atoms with Gasteiger partial charge in [0.1, 0.15) is 0 Å². The summed E-state index contributed by atoms with van der Waals surface area (Å²) in [5.74, 6) is 0. The molecule has 0 aliphatic heterocycles. The molecule has 2 aromatic rings. The van der Waals surface area contributed by atoms with Crippen LogP contribution in [0.4, 0.5) is 11.4 Å². The number of hydrogen-bond acceptors (Lipinski definition) is 4. The molecule has 0 fully saturated rings. The molecule has 2 aromatic carbocycles. The number of benzene rings is 2. The monoisotopic (exact) mass is 232 g/mol. The van der Waals surface area contributed by atoms with Crippen molar-refractivity contribution in [2.45, 2.75) is 0 Å². The van der Waals surface area contributed by atoms with Gasteiger partial charge in [-0.15, -0.1) is 0 Å². The molecule has 0 aliphatic rings. The van der Waals surface area contributed by atoms with Crippen molar-refractivity contribution >= 4 is 11.4 Å². The molecule has 0 N–H and O–H groups in total. The molecule has 18 heavy (non-hydrogen) atoms. The molecule has 0 aromatic heterocycles. The number of azo groups is 1. The van der Waals surface area contributed by atoms with Gasteiger partial charge in [-0.3, -0.25) is 0 Å². The number of rotatable bonds is 2. The third-order valence-electron chi connectivity index (χ3n) is 2.23. The predicted octanol–water partition coefficient (Wildman–Crippen LogP) is 3.85. The van der Waals surface area contributed by atoms with Crippen molar-refractivity contribution in [3.05, 3.63) is 59.7 Å². The summed E-state index contributed by atoms with van der Waals surface area (Å²) >= 11 is 0. The van der Waals surface area contributed by atoms with Crippen LogP contribution in [0.2, 0.25) is 0 Å². The van der Waals surface area contributed by atoms with Crippen molar-refractivity contribution in [2.24, 2.45) is 10.2 Å². The molecule has 2 rings (SSSR count). The third kappa shape index (κ3) is 2.78. The van der Waals surface area contributed by atoms with Crippen LogP contribution in [0, 0.1) is 22.7 Å². The Labute approximate surface area is 104 Å². The molecular weight excluding hydrogens is 224 g/mol. The van der Waals surface area contributed by atoms with Crippen LogP contribution in [0.5, 0.6) is 0 Å². The predicted molar refractivity (Wildman–Crippen MR) is 66.5 cm³/mol. The second kappa shape index (κ2) is 5.38. The zero-order valence-electron chi connectivity index (χ0n) is 9.41. The summed E-state index contributed by atoms with van der Waals surface area (Å²) in [5, 5.41) is 25.6. The molecule has 0 spiro atoms. The lowest BCUT2D eigenvalue weighted by molar-refractivity contribution is 1.23. The van der Waals surface area contributed by atoms with Crippen molar-refractivity contribution in [3.8, 4) is 12.1 Å². The van der Waals surface area contributed by atoms with Gasteiger partial charge < -0.3 is 0 Å². The van der Waals surface area contributed by atoms with E-state index in [-0.39, 0.29) is 0 Å². The lowest BCUT2D eigenvalue weighted by atomic mass is 10.2. The fourth-order valence-electron chi connectivity index (χ4n) is 1.39. The standard InChI is InChI=1S/C14H8N4/c15-9-11-3-1-5-13(7-11)17-18-14-6-2-4-12(8-14)10-16/h1-8H. The highest BCUT2D eigenvalue weighted by atomic mass is 15.1. The van der Waals surface area contributed by atoms with Crippen LogP contribution in [0.15, 0.2) is 58.8 Å². The van der Waals surface area contributed by atoms with Crippen molar-refractivity contribution in [2.75, 3.05) is 0 Å². The van der Waals surface area contributed by atoms with E-state index < -0.39 is 0 Å². The number of nitrogens with zero attached hydrogens (tertiary/aromatic N) is 4. The highest BCUT2D eigenvalue weighted by Crippen LogP contribution is 2.19. The summed E-state index contributed by atoms with van der Waals surface area (Å²) in [7, 11) is 0. The maximum absolute atomic E-state index is 8.76. The lowest BCUT2D eigenvalue weighted by Gasteiger charge is -1.94. The molecule has 0 saturated carbocycles. The summed E-state index contributed by atoms with van der Waals surface area (Å²) in [6, 6.07) is 17.8. The minimum absolute atomic E-state index is 0.539. The van der Waals surface area contributed by atoms with Crippen LogP contribution in [-0.2, 0) is 0 Å². The topological polar surface area (TPSA) is 72.3 Å². The zero-order chi connectivity index (χ0) is 12.8. The zero-order valence-corrected chi connectivity index (χ0v) is 9.41. The van der Waals surface area contributed by atoms with E-state index in [1.54, 1.807) is 48.5 Å². The Morgan fingerprint density at radius 1 is 0.722 bits per heavy atom. The lowest BCUT2D eigenvalue weighted by Crippen LogP contribution is -1.72. The molecule has 0 saturated heterocycles. The first-order chi connectivity index (χ1) is 8.81. The second-order valence-corrected chi connectivity index (χ2v) is 3.52. The molecule has 0 unspecified atom stereocenters. The van der Waals surface area contributed by atoms with Crippen molar-refractivity contribution in [3.63, 3.8) is 0 Å². The number of nitriles is 2. The van der Waals surface area contributed by atoms with Crippen LogP contribution in [0.3, 0.4) is 0 Å². The SMILES string of the molecule is N#Cc1cccc(N=Nc2cccc(C#N)c2)c1. The van der Waals surface area contributed by atoms with Gasteiger partial charge >= 0.3 is 0 Å². The number of hydrogen-bond donors (Lipinski definition) is 0. The van der Waals surface area contributed by atoms with Gasteiger partial charge in [0.15, 0.2) is 0 Å². The minimum atomic E-state index is 0.539. The maximum atomic E-state index is 8.76. The summed E-state index contributed by atoms with van der Waals surface area (Å²) in [6.45, 7) is 0. The van der Waals surface area contributed by atoms with E-state index in [2.05, 4.69) is 10.2 Å². The van der Waals surface area contributed by atoms with E-state index in [1.165, 1.54) is 0 Å². The van der Waals surface area contributed by atoms with Crippen LogP contribution in [0.25, 0.3) is 0 Å². The Balaban J connectivity index is 2.25. The molecule has 0 amide bonds. The molecule has 4 heteroatoms. The van der Waals surface area contributed by atoms with E-state index in [9.17, 15) is 0 Å². The van der Waals surface area contributed by atoms with Gasteiger partial charge in [-0.05, 0) is 36.4 Å². The van der Waals surface area contributed by atoms with Crippen molar-refractivity contribution in [1.29, 1.82) is 10.5 Å². The van der Waals surface area contributed by atoms with E-state index >= 15 is 0 Å². The molecule has 0 atom stereocenters. The van der Waals surface area contributed by atoms with E-state index in [0.29, 0.717) is 22.5 Å². The second-order valence-electron chi connectivity index (χ2n) is 3.52. The summed E-state index contributed by atoms with van der Waals surface area (Å²) < 4.78 is 0. The molecule has 0 bridgehead atoms. The van der Waals surface area contributed by atoms with E-state index in [0.717, 1.165) is 0 Å². The summed E-state index contributed by atoms with van der Waals surface area (Å²) in [6.07, 6.45) is 0. The average molecular weight is 232 g/mol. The summed E-state index contributed by atoms with van der Waals surface area (Å²) in [4.78, 5) is 0. The highest BCUT2D eigenvalue weighted by molar-refractivity contribution is 5.47. The van der Waals surface area contributed by atoms with Gasteiger partial charge in [0, 0.05) is 0 Å². The van der Waals surface area contributed by atoms with Crippen molar-refractivity contribution in [1.82, 2.24) is 0 Å². The normalized spacial score (nSPS) is 9.89. The van der Waals surface area contributed by atoms with Gasteiger partial charge in [0.05, 0.1) is 34.6 Å². The van der Waals surface area contributed by atoms with Crippen LogP contribution < -0.4 is 0 Å². The smallest absolute Gasteiger partial charge is 0.0992 e. The molecule has 4 nitrogen and oxygen atoms in total. The van der Waals surface area contributed by atoms with Crippen LogP contribution >= 0.6 is 0 Å². The Morgan fingerprint density at radius 2 is 1.17 bits per heavy atom. The third-order valence-corrected chi connectivity index (χ3v) is 2.23. The minimum Gasteiger partial charge on any atom is -0.192 e. The van der Waals surface area contributed by atoms with Crippen molar-refractivity contribution < 1.29 is 0 Å². The first-order valence-electron chi connectivity index (χ1n) is 5.24. The fourth-order valence-corrected chi connectivity index (χ4v) is 1.39. The fraction of sp³-hybridized carbons (Fsp3) is 0. The Morgan fingerprint density at radius 3 is 1.56 bits per heavy atom. The highest BCUT2D eigenvalue weighted by Gasteiger charge is 1.95. The molecular formula is C14H8N4. The molecule has 0 aliphatic carbocycles. The molecule has 0 radical (unpaired) electrons. The van der Waals surface area contributed by atoms with Crippen LogP contribution in [0.1, 0.15) is 11.1 Å². The average Bonchev–Trinajstić information content (AvgIpc) is 2.45. The first kappa shape index (κ1) is 11.5. The molecule has 0 heterocycles. The maximum Gasteiger partial charge on any atom is 0.0992 e. The Bertz CT molecular complexity index is 615. The van der Waals surface area contributed by atoms with Gasteiger partial charge in [-0.25, -0.2) is 0 Å². The first-order valence-corrected chi connectivity index (χ1v) is 5.24. The van der Waals surface area contributed by atoms with Gasteiger partial charge in [-0.1, -0.05) is 12.1 Å². The Hall–Kier alpha value is -2.98. The Kier molecular flexibility index (Phi) is 3.44. The van der Waals surface area contributed by atoms with Gasteiger partial charge in [-0.2, -0.15) is 20.8 Å². The van der Waals surface area contributed by atoms with E-state index in [4.69, 9.17) is 10.5 Å². The van der Waals surface area contributed by atoms with E-state index in [1.807, 2.05) is 12.1 Å². The quantitative estimate of drug-likeness (QED) is 0.737.